The lowest BCUT2D eigenvalue weighted by atomic mass is 9.98. The van der Waals surface area contributed by atoms with Gasteiger partial charge in [-0.25, -0.2) is 18.7 Å². The number of hydrogen-bond donors (Lipinski definition) is 2. The minimum absolute atomic E-state index is 0.0126. The summed E-state index contributed by atoms with van der Waals surface area (Å²) >= 11 is 12.8. The van der Waals surface area contributed by atoms with E-state index in [1.807, 2.05) is 18.7 Å². The Morgan fingerprint density at radius 3 is 2.57 bits per heavy atom. The number of rotatable bonds is 7. The van der Waals surface area contributed by atoms with Crippen LogP contribution in [0.25, 0.3) is 22.2 Å². The molecule has 4 unspecified atom stereocenters. The Kier molecular flexibility index (Phi) is 10.2. The highest BCUT2D eigenvalue weighted by Crippen LogP contribution is 2.50. The van der Waals surface area contributed by atoms with Crippen molar-refractivity contribution in [3.63, 3.8) is 0 Å². The number of aromatic hydroxyl groups is 1. The molecule has 2 aliphatic heterocycles. The summed E-state index contributed by atoms with van der Waals surface area (Å²) in [6.07, 6.45) is 4.60. The summed E-state index contributed by atoms with van der Waals surface area (Å²) in [5.41, 5.74) is 8.01. The van der Waals surface area contributed by atoms with Crippen LogP contribution in [-0.4, -0.2) is 75.0 Å². The van der Waals surface area contributed by atoms with Gasteiger partial charge in [-0.05, 0) is 75.8 Å². The molecule has 0 amide bonds. The molecule has 10 nitrogen and oxygen atoms in total. The number of benzene rings is 1. The van der Waals surface area contributed by atoms with Gasteiger partial charge < -0.3 is 25.2 Å². The number of aromatic nitrogens is 4. The SMILES string of the molecule is CCC1CC(F)CN1CC.COc1nc2c3c(nc(-c4cc(O)cc(Cl)c4C4CC4)c(F)c3n1)OCC(C)N2C(C)c1cc(Cl)cnc1N. The highest BCUT2D eigenvalue weighted by molar-refractivity contribution is 6.32. The zero-order valence-electron chi connectivity index (χ0n) is 28.2. The first-order valence-electron chi connectivity index (χ1n) is 16.6. The molecule has 3 aromatic heterocycles. The van der Waals surface area contributed by atoms with Crippen LogP contribution in [0.3, 0.4) is 0 Å². The normalized spacial score (nSPS) is 21.2. The Morgan fingerprint density at radius 1 is 1.16 bits per heavy atom. The molecule has 5 heterocycles. The maximum Gasteiger partial charge on any atom is 0.318 e. The molecule has 4 aromatic rings. The first-order valence-corrected chi connectivity index (χ1v) is 17.4. The largest absolute Gasteiger partial charge is 0.508 e. The molecule has 3 aliphatic rings. The molecule has 14 heteroatoms. The van der Waals surface area contributed by atoms with Crippen LogP contribution in [0.1, 0.15) is 76.5 Å². The number of anilines is 2. The second-order valence-corrected chi connectivity index (χ2v) is 13.7. The second-order valence-electron chi connectivity index (χ2n) is 12.9. The van der Waals surface area contributed by atoms with Gasteiger partial charge in [0.15, 0.2) is 5.82 Å². The van der Waals surface area contributed by atoms with Crippen LogP contribution in [0.5, 0.6) is 17.6 Å². The van der Waals surface area contributed by atoms with Gasteiger partial charge in [-0.2, -0.15) is 9.97 Å². The average Bonchev–Trinajstić information content (AvgIpc) is 3.86. The number of nitrogens with two attached hydrogens (primary N) is 1. The number of phenolic OH excluding ortho intramolecular Hbond substituents is 1. The van der Waals surface area contributed by atoms with Crippen molar-refractivity contribution in [3.05, 3.63) is 51.4 Å². The van der Waals surface area contributed by atoms with E-state index in [1.54, 1.807) is 6.07 Å². The molecule has 3 N–H and O–H groups in total. The fourth-order valence-corrected chi connectivity index (χ4v) is 7.52. The van der Waals surface area contributed by atoms with E-state index < -0.39 is 12.0 Å². The van der Waals surface area contributed by atoms with Crippen molar-refractivity contribution in [3.8, 4) is 28.9 Å². The molecule has 1 saturated heterocycles. The van der Waals surface area contributed by atoms with Crippen molar-refractivity contribution in [1.29, 1.82) is 0 Å². The third-order valence-corrected chi connectivity index (χ3v) is 10.1. The smallest absolute Gasteiger partial charge is 0.318 e. The molecule has 0 bridgehead atoms. The number of likely N-dealkylation sites (tertiary alicyclic amines) is 1. The van der Waals surface area contributed by atoms with Crippen LogP contribution in [0, 0.1) is 5.82 Å². The van der Waals surface area contributed by atoms with Gasteiger partial charge in [0.1, 0.15) is 46.8 Å². The highest BCUT2D eigenvalue weighted by atomic mass is 35.5. The Labute approximate surface area is 294 Å². The van der Waals surface area contributed by atoms with E-state index in [4.69, 9.17) is 38.4 Å². The standard InChI is InChI=1S/C27H25Cl2FN6O3.C8H16FN/c1-11-10-39-26-20-23(21(30)22(33-26)17-7-15(37)8-18(29)19(17)13-4-5-13)34-27(38-3)35-25(20)36(11)12(2)16-6-14(28)9-32-24(16)31;1-3-8-5-7(9)6-10(8)4-2/h6-9,11-13,37H,4-5,10H2,1-3H3,(H2,31,32);7-8H,3-6H2,1-2H3. The van der Waals surface area contributed by atoms with Gasteiger partial charge in [-0.1, -0.05) is 37.0 Å². The van der Waals surface area contributed by atoms with E-state index in [0.29, 0.717) is 50.8 Å². The number of methoxy groups -OCH3 is 1. The number of hydrogen-bond acceptors (Lipinski definition) is 10. The average molecular weight is 717 g/mol. The molecule has 4 atom stereocenters. The second kappa shape index (κ2) is 14.2. The molecule has 7 rings (SSSR count). The highest BCUT2D eigenvalue weighted by Gasteiger charge is 2.36. The molecule has 262 valence electrons. The Hall–Kier alpha value is -3.74. The van der Waals surface area contributed by atoms with Crippen LogP contribution in [0.4, 0.5) is 20.4 Å². The fourth-order valence-electron chi connectivity index (χ4n) is 6.99. The van der Waals surface area contributed by atoms with Crippen LogP contribution >= 0.6 is 23.2 Å². The Bertz CT molecular complexity index is 1850. The van der Waals surface area contributed by atoms with Crippen molar-refractivity contribution < 1.29 is 23.4 Å². The molecule has 49 heavy (non-hydrogen) atoms. The van der Waals surface area contributed by atoms with Crippen molar-refractivity contribution >= 4 is 45.7 Å². The molecule has 1 saturated carbocycles. The number of pyridine rings is 2. The van der Waals surface area contributed by atoms with Gasteiger partial charge in [0.25, 0.3) is 0 Å². The summed E-state index contributed by atoms with van der Waals surface area (Å²) in [6, 6.07) is 4.54. The Morgan fingerprint density at radius 2 is 1.92 bits per heavy atom. The van der Waals surface area contributed by atoms with Crippen LogP contribution in [0.15, 0.2) is 24.4 Å². The summed E-state index contributed by atoms with van der Waals surface area (Å²) in [7, 11) is 1.41. The van der Waals surface area contributed by atoms with Gasteiger partial charge in [-0.3, -0.25) is 4.90 Å². The monoisotopic (exact) mass is 715 g/mol. The summed E-state index contributed by atoms with van der Waals surface area (Å²) in [4.78, 5) is 22.0. The predicted molar refractivity (Wildman–Crippen MR) is 188 cm³/mol. The minimum Gasteiger partial charge on any atom is -0.508 e. The van der Waals surface area contributed by atoms with Crippen LogP contribution in [0.2, 0.25) is 10.0 Å². The molecule has 1 aromatic carbocycles. The minimum atomic E-state index is -0.700. The van der Waals surface area contributed by atoms with Gasteiger partial charge in [0.05, 0.1) is 24.2 Å². The lowest BCUT2D eigenvalue weighted by Crippen LogP contribution is -2.39. The van der Waals surface area contributed by atoms with Gasteiger partial charge in [-0.15, -0.1) is 0 Å². The lowest BCUT2D eigenvalue weighted by molar-refractivity contribution is 0.251. The lowest BCUT2D eigenvalue weighted by Gasteiger charge is -2.35. The number of alkyl halides is 1. The van der Waals surface area contributed by atoms with Gasteiger partial charge in [0.2, 0.25) is 5.88 Å². The predicted octanol–water partition coefficient (Wildman–Crippen LogP) is 7.88. The number of halogens is 4. The molecule has 2 fully saturated rings. The number of ether oxygens (including phenoxy) is 2. The van der Waals surface area contributed by atoms with E-state index in [2.05, 4.69) is 38.7 Å². The maximum atomic E-state index is 16.5. The van der Waals surface area contributed by atoms with Gasteiger partial charge >= 0.3 is 6.01 Å². The molecular weight excluding hydrogens is 675 g/mol. The summed E-state index contributed by atoms with van der Waals surface area (Å²) in [6.45, 7) is 9.98. The summed E-state index contributed by atoms with van der Waals surface area (Å²) < 4.78 is 40.8. The number of nitrogen functional groups attached to an aromatic ring is 1. The zero-order chi connectivity index (χ0) is 35.1. The van der Waals surface area contributed by atoms with Crippen molar-refractivity contribution in [1.82, 2.24) is 24.8 Å². The van der Waals surface area contributed by atoms with E-state index in [0.717, 1.165) is 37.8 Å². The third kappa shape index (κ3) is 6.87. The molecule has 0 radical (unpaired) electrons. The molecule has 1 aliphatic carbocycles. The fraction of sp³-hybridized carbons (Fsp3) is 0.486. The van der Waals surface area contributed by atoms with E-state index >= 15 is 4.39 Å². The van der Waals surface area contributed by atoms with E-state index in [1.165, 1.54) is 25.4 Å². The molecular formula is C35H41Cl2F2N7O3. The number of nitrogens with zero attached hydrogens (tertiary/aromatic N) is 6. The first kappa shape index (κ1) is 35.1. The maximum absolute atomic E-state index is 16.5. The third-order valence-electron chi connectivity index (χ3n) is 9.57. The first-order chi connectivity index (χ1) is 23.4. The zero-order valence-corrected chi connectivity index (χ0v) is 29.7. The quantitative estimate of drug-likeness (QED) is 0.195. The number of phenols is 1. The van der Waals surface area contributed by atoms with Gasteiger partial charge in [0, 0.05) is 34.9 Å². The van der Waals surface area contributed by atoms with Crippen LogP contribution < -0.4 is 20.1 Å². The summed E-state index contributed by atoms with van der Waals surface area (Å²) in [5, 5.41) is 11.4. The van der Waals surface area contributed by atoms with Crippen molar-refractivity contribution in [2.24, 2.45) is 0 Å². The molecule has 0 spiro atoms. The summed E-state index contributed by atoms with van der Waals surface area (Å²) in [5.74, 6) is 0.226. The van der Waals surface area contributed by atoms with E-state index in [9.17, 15) is 9.50 Å². The van der Waals surface area contributed by atoms with Crippen molar-refractivity contribution in [2.45, 2.75) is 83.6 Å². The van der Waals surface area contributed by atoms with Crippen molar-refractivity contribution in [2.75, 3.05) is 37.4 Å². The Balaban J connectivity index is 0.000000359. The topological polar surface area (TPSA) is 123 Å². The van der Waals surface area contributed by atoms with E-state index in [-0.39, 0.29) is 53.5 Å². The van der Waals surface area contributed by atoms with Crippen LogP contribution in [-0.2, 0) is 0 Å².